The Labute approximate surface area is 150 Å². The number of benzene rings is 2. The van der Waals surface area contributed by atoms with Crippen molar-refractivity contribution in [2.45, 2.75) is 0 Å². The number of nitrogens with zero attached hydrogens (tertiary/aromatic N) is 3. The van der Waals surface area contributed by atoms with Crippen molar-refractivity contribution in [3.8, 4) is 0 Å². The molecule has 3 nitrogen and oxygen atoms in total. The highest BCUT2D eigenvalue weighted by atomic mass is 19.1. The summed E-state index contributed by atoms with van der Waals surface area (Å²) >= 11 is 0. The van der Waals surface area contributed by atoms with E-state index in [0.29, 0.717) is 0 Å². The Morgan fingerprint density at radius 1 is 0.920 bits per heavy atom. The Kier molecular flexibility index (Phi) is 5.71. The van der Waals surface area contributed by atoms with Crippen LogP contribution in [0.4, 0.5) is 15.8 Å². The van der Waals surface area contributed by atoms with E-state index in [9.17, 15) is 4.39 Å². The van der Waals surface area contributed by atoms with Gasteiger partial charge in [0.2, 0.25) is 0 Å². The van der Waals surface area contributed by atoms with Crippen LogP contribution in [-0.4, -0.2) is 51.7 Å². The number of rotatable bonds is 5. The van der Waals surface area contributed by atoms with Crippen LogP contribution in [0.25, 0.3) is 6.08 Å². The van der Waals surface area contributed by atoms with Crippen LogP contribution >= 0.6 is 0 Å². The molecule has 0 atom stereocenters. The highest BCUT2D eigenvalue weighted by Gasteiger charge is 2.16. The smallest absolute Gasteiger partial charge is 0.123 e. The first-order valence-electron chi connectivity index (χ1n) is 8.78. The minimum atomic E-state index is -0.175. The van der Waals surface area contributed by atoms with Crippen molar-refractivity contribution in [1.82, 2.24) is 4.90 Å². The van der Waals surface area contributed by atoms with E-state index in [1.807, 2.05) is 12.1 Å². The summed E-state index contributed by atoms with van der Waals surface area (Å²) < 4.78 is 13.0. The van der Waals surface area contributed by atoms with Gasteiger partial charge in [0.05, 0.1) is 0 Å². The number of hydrogen-bond donors (Lipinski definition) is 0. The van der Waals surface area contributed by atoms with Gasteiger partial charge in [0.1, 0.15) is 5.82 Å². The Bertz CT molecular complexity index is 684. The van der Waals surface area contributed by atoms with Crippen molar-refractivity contribution in [1.29, 1.82) is 0 Å². The summed E-state index contributed by atoms with van der Waals surface area (Å²) in [5.41, 5.74) is 3.56. The molecule has 3 rings (SSSR count). The molecule has 0 spiro atoms. The molecular formula is C21H26FN3. The van der Waals surface area contributed by atoms with E-state index in [4.69, 9.17) is 0 Å². The molecule has 25 heavy (non-hydrogen) atoms. The average molecular weight is 339 g/mol. The molecular weight excluding hydrogens is 313 g/mol. The van der Waals surface area contributed by atoms with Gasteiger partial charge >= 0.3 is 0 Å². The zero-order chi connectivity index (χ0) is 17.6. The standard InChI is InChI=1S/C21H26FN3/c1-23(2)20-9-5-18(6-10-20)4-3-13-24-14-16-25(17-15-24)21-11-7-19(22)8-12-21/h3-12H,13-17H2,1-2H3. The lowest BCUT2D eigenvalue weighted by Gasteiger charge is -2.35. The minimum absolute atomic E-state index is 0.175. The summed E-state index contributed by atoms with van der Waals surface area (Å²) in [5.74, 6) is -0.175. The first kappa shape index (κ1) is 17.5. The molecule has 0 aliphatic carbocycles. The van der Waals surface area contributed by atoms with Crippen molar-refractivity contribution < 1.29 is 4.39 Å². The highest BCUT2D eigenvalue weighted by molar-refractivity contribution is 5.55. The van der Waals surface area contributed by atoms with Crippen LogP contribution in [0.15, 0.2) is 54.6 Å². The highest BCUT2D eigenvalue weighted by Crippen LogP contribution is 2.17. The molecule has 1 aliphatic rings. The molecule has 0 aromatic heterocycles. The summed E-state index contributed by atoms with van der Waals surface area (Å²) in [4.78, 5) is 6.87. The van der Waals surface area contributed by atoms with Crippen LogP contribution < -0.4 is 9.80 Å². The van der Waals surface area contributed by atoms with Gasteiger partial charge in [-0.3, -0.25) is 4.90 Å². The first-order valence-corrected chi connectivity index (χ1v) is 8.78. The van der Waals surface area contributed by atoms with Gasteiger partial charge in [-0.05, 0) is 42.0 Å². The first-order chi connectivity index (χ1) is 12.1. The molecule has 1 aliphatic heterocycles. The molecule has 0 saturated carbocycles. The van der Waals surface area contributed by atoms with Gasteiger partial charge in [-0.2, -0.15) is 0 Å². The maximum Gasteiger partial charge on any atom is 0.123 e. The van der Waals surface area contributed by atoms with Crippen molar-refractivity contribution in [2.75, 3.05) is 56.6 Å². The maximum atomic E-state index is 13.0. The van der Waals surface area contributed by atoms with E-state index in [-0.39, 0.29) is 5.82 Å². The van der Waals surface area contributed by atoms with E-state index in [0.717, 1.165) is 38.4 Å². The summed E-state index contributed by atoms with van der Waals surface area (Å²) in [6.45, 7) is 4.99. The molecule has 2 aromatic carbocycles. The summed E-state index contributed by atoms with van der Waals surface area (Å²) in [5, 5.41) is 0. The van der Waals surface area contributed by atoms with Crippen LogP contribution in [0, 0.1) is 5.82 Å². The Balaban J connectivity index is 1.46. The average Bonchev–Trinajstić information content (AvgIpc) is 2.63. The minimum Gasteiger partial charge on any atom is -0.378 e. The van der Waals surface area contributed by atoms with Crippen LogP contribution in [0.3, 0.4) is 0 Å². The summed E-state index contributed by atoms with van der Waals surface area (Å²) in [7, 11) is 4.10. The molecule has 1 heterocycles. The molecule has 0 bridgehead atoms. The normalized spacial score (nSPS) is 15.7. The Morgan fingerprint density at radius 3 is 2.16 bits per heavy atom. The van der Waals surface area contributed by atoms with Gasteiger partial charge in [-0.25, -0.2) is 4.39 Å². The van der Waals surface area contributed by atoms with Gasteiger partial charge in [0, 0.05) is 58.2 Å². The third-order valence-electron chi connectivity index (χ3n) is 4.65. The summed E-state index contributed by atoms with van der Waals surface area (Å²) in [6, 6.07) is 15.4. The Morgan fingerprint density at radius 2 is 1.56 bits per heavy atom. The van der Waals surface area contributed by atoms with Crippen LogP contribution in [0.1, 0.15) is 5.56 Å². The van der Waals surface area contributed by atoms with Crippen molar-refractivity contribution in [2.24, 2.45) is 0 Å². The second-order valence-electron chi connectivity index (χ2n) is 6.65. The van der Waals surface area contributed by atoms with E-state index < -0.39 is 0 Å². The summed E-state index contributed by atoms with van der Waals surface area (Å²) in [6.07, 6.45) is 4.42. The second-order valence-corrected chi connectivity index (χ2v) is 6.65. The maximum absolute atomic E-state index is 13.0. The quantitative estimate of drug-likeness (QED) is 0.822. The molecule has 0 radical (unpaired) electrons. The number of halogens is 1. The monoisotopic (exact) mass is 339 g/mol. The molecule has 1 saturated heterocycles. The van der Waals surface area contributed by atoms with Gasteiger partial charge in [-0.15, -0.1) is 0 Å². The van der Waals surface area contributed by atoms with Crippen molar-refractivity contribution in [3.63, 3.8) is 0 Å². The number of anilines is 2. The van der Waals surface area contributed by atoms with E-state index in [1.54, 1.807) is 0 Å². The fraction of sp³-hybridized carbons (Fsp3) is 0.333. The second kappa shape index (κ2) is 8.17. The molecule has 1 fully saturated rings. The van der Waals surface area contributed by atoms with E-state index >= 15 is 0 Å². The van der Waals surface area contributed by atoms with Crippen molar-refractivity contribution >= 4 is 17.5 Å². The fourth-order valence-corrected chi connectivity index (χ4v) is 3.06. The van der Waals surface area contributed by atoms with E-state index in [2.05, 4.69) is 65.2 Å². The van der Waals surface area contributed by atoms with Gasteiger partial charge < -0.3 is 9.80 Å². The van der Waals surface area contributed by atoms with Gasteiger partial charge in [-0.1, -0.05) is 24.3 Å². The number of piperazine rings is 1. The van der Waals surface area contributed by atoms with E-state index in [1.165, 1.54) is 23.4 Å². The third kappa shape index (κ3) is 4.83. The largest absolute Gasteiger partial charge is 0.378 e. The van der Waals surface area contributed by atoms with Crippen LogP contribution in [0.5, 0.6) is 0 Å². The molecule has 132 valence electrons. The predicted octanol–water partition coefficient (Wildman–Crippen LogP) is 3.73. The van der Waals surface area contributed by atoms with Gasteiger partial charge in [0.15, 0.2) is 0 Å². The van der Waals surface area contributed by atoms with Crippen LogP contribution in [-0.2, 0) is 0 Å². The number of hydrogen-bond acceptors (Lipinski definition) is 3. The zero-order valence-electron chi connectivity index (χ0n) is 15.0. The lowest BCUT2D eigenvalue weighted by Crippen LogP contribution is -2.46. The SMILES string of the molecule is CN(C)c1ccc(C=CCN2CCN(c3ccc(F)cc3)CC2)cc1. The molecule has 0 unspecified atom stereocenters. The lowest BCUT2D eigenvalue weighted by molar-refractivity contribution is 0.284. The molecule has 2 aromatic rings. The molecule has 0 N–H and O–H groups in total. The Hall–Kier alpha value is -2.33. The fourth-order valence-electron chi connectivity index (χ4n) is 3.06. The molecule has 0 amide bonds. The lowest BCUT2D eigenvalue weighted by atomic mass is 10.2. The zero-order valence-corrected chi connectivity index (χ0v) is 15.0. The van der Waals surface area contributed by atoms with Crippen molar-refractivity contribution in [3.05, 3.63) is 66.0 Å². The topological polar surface area (TPSA) is 9.72 Å². The molecule has 4 heteroatoms. The van der Waals surface area contributed by atoms with Crippen LogP contribution in [0.2, 0.25) is 0 Å². The third-order valence-corrected chi connectivity index (χ3v) is 4.65. The van der Waals surface area contributed by atoms with Gasteiger partial charge in [0.25, 0.3) is 0 Å². The predicted molar refractivity (Wildman–Crippen MR) is 105 cm³/mol.